The lowest BCUT2D eigenvalue weighted by Gasteiger charge is -2.19. The zero-order valence-corrected chi connectivity index (χ0v) is 10.4. The molecule has 0 saturated heterocycles. The zero-order valence-electron chi connectivity index (χ0n) is 10.4. The third-order valence-electron chi connectivity index (χ3n) is 2.78. The molecule has 102 valence electrons. The third-order valence-corrected chi connectivity index (χ3v) is 2.78. The summed E-state index contributed by atoms with van der Waals surface area (Å²) in [5, 5.41) is 2.84. The van der Waals surface area contributed by atoms with Crippen LogP contribution in [0.15, 0.2) is 18.2 Å². The van der Waals surface area contributed by atoms with Crippen LogP contribution in [0.4, 0.5) is 23.2 Å². The summed E-state index contributed by atoms with van der Waals surface area (Å²) >= 11 is 0. The SMILES string of the molecule is CCCC(CC)Nc1cc(C(F)(F)F)ccc1F. The highest BCUT2D eigenvalue weighted by Gasteiger charge is 2.31. The van der Waals surface area contributed by atoms with Gasteiger partial charge in [-0.05, 0) is 31.0 Å². The summed E-state index contributed by atoms with van der Waals surface area (Å²) in [6.07, 6.45) is -2.02. The van der Waals surface area contributed by atoms with Gasteiger partial charge >= 0.3 is 6.18 Å². The van der Waals surface area contributed by atoms with Crippen LogP contribution in [0.25, 0.3) is 0 Å². The van der Waals surface area contributed by atoms with Crippen LogP contribution in [0.5, 0.6) is 0 Å². The number of halogens is 4. The van der Waals surface area contributed by atoms with E-state index in [4.69, 9.17) is 0 Å². The van der Waals surface area contributed by atoms with Crippen molar-refractivity contribution < 1.29 is 17.6 Å². The van der Waals surface area contributed by atoms with Crippen molar-refractivity contribution in [3.63, 3.8) is 0 Å². The lowest BCUT2D eigenvalue weighted by atomic mass is 10.1. The topological polar surface area (TPSA) is 12.0 Å². The minimum atomic E-state index is -4.45. The van der Waals surface area contributed by atoms with Gasteiger partial charge in [-0.25, -0.2) is 4.39 Å². The summed E-state index contributed by atoms with van der Waals surface area (Å²) in [6.45, 7) is 3.89. The number of rotatable bonds is 5. The molecule has 1 aromatic carbocycles. The standard InChI is InChI=1S/C13H17F4N/c1-3-5-10(4-2)18-12-8-9(13(15,16)17)6-7-11(12)14/h6-8,10,18H,3-5H2,1-2H3. The second-order valence-electron chi connectivity index (χ2n) is 4.23. The van der Waals surface area contributed by atoms with Gasteiger partial charge in [-0.3, -0.25) is 0 Å². The molecule has 1 nitrogen and oxygen atoms in total. The molecule has 1 aromatic rings. The maximum atomic E-state index is 13.5. The molecule has 0 aliphatic carbocycles. The molecule has 5 heteroatoms. The molecule has 0 fully saturated rings. The quantitative estimate of drug-likeness (QED) is 0.750. The molecule has 1 atom stereocenters. The Bertz CT molecular complexity index is 387. The number of hydrogen-bond donors (Lipinski definition) is 1. The second kappa shape index (κ2) is 6.07. The third kappa shape index (κ3) is 3.89. The van der Waals surface area contributed by atoms with Crippen molar-refractivity contribution in [2.24, 2.45) is 0 Å². The van der Waals surface area contributed by atoms with Crippen molar-refractivity contribution in [3.8, 4) is 0 Å². The van der Waals surface area contributed by atoms with Crippen LogP contribution in [0.2, 0.25) is 0 Å². The van der Waals surface area contributed by atoms with Crippen LogP contribution < -0.4 is 5.32 Å². The molecule has 0 amide bonds. The van der Waals surface area contributed by atoms with Gasteiger partial charge in [0.1, 0.15) is 5.82 Å². The molecule has 1 rings (SSSR count). The van der Waals surface area contributed by atoms with Crippen LogP contribution >= 0.6 is 0 Å². The molecule has 0 saturated carbocycles. The van der Waals surface area contributed by atoms with Crippen LogP contribution in [0.3, 0.4) is 0 Å². The average Bonchev–Trinajstić information content (AvgIpc) is 2.29. The Kier molecular flexibility index (Phi) is 4.99. The first-order chi connectivity index (χ1) is 8.38. The van der Waals surface area contributed by atoms with Gasteiger partial charge in [0, 0.05) is 6.04 Å². The van der Waals surface area contributed by atoms with Crippen LogP contribution in [0.1, 0.15) is 38.7 Å². The highest BCUT2D eigenvalue weighted by molar-refractivity contribution is 5.48. The predicted molar refractivity (Wildman–Crippen MR) is 64.0 cm³/mol. The highest BCUT2D eigenvalue weighted by Crippen LogP contribution is 2.32. The van der Waals surface area contributed by atoms with Crippen molar-refractivity contribution in [3.05, 3.63) is 29.6 Å². The van der Waals surface area contributed by atoms with E-state index in [0.29, 0.717) is 0 Å². The first-order valence-electron chi connectivity index (χ1n) is 6.01. The van der Waals surface area contributed by atoms with E-state index in [1.165, 1.54) is 0 Å². The van der Waals surface area contributed by atoms with Crippen molar-refractivity contribution in [2.45, 2.75) is 45.3 Å². The molecular weight excluding hydrogens is 246 g/mol. The van der Waals surface area contributed by atoms with Crippen molar-refractivity contribution in [1.29, 1.82) is 0 Å². The molecule has 0 radical (unpaired) electrons. The Hall–Kier alpha value is -1.26. The summed E-state index contributed by atoms with van der Waals surface area (Å²) in [5.41, 5.74) is -0.914. The predicted octanol–water partition coefficient (Wildman–Crippen LogP) is 4.84. The second-order valence-corrected chi connectivity index (χ2v) is 4.23. The Balaban J connectivity index is 2.93. The molecule has 0 heterocycles. The minimum Gasteiger partial charge on any atom is -0.380 e. The number of anilines is 1. The molecule has 1 unspecified atom stereocenters. The summed E-state index contributed by atoms with van der Waals surface area (Å²) < 4.78 is 51.0. The summed E-state index contributed by atoms with van der Waals surface area (Å²) in [6, 6.07) is 2.42. The van der Waals surface area contributed by atoms with Crippen molar-refractivity contribution >= 4 is 5.69 Å². The maximum Gasteiger partial charge on any atom is 0.416 e. The van der Waals surface area contributed by atoms with Gasteiger partial charge < -0.3 is 5.32 Å². The number of benzene rings is 1. The van der Waals surface area contributed by atoms with Crippen molar-refractivity contribution in [1.82, 2.24) is 0 Å². The normalized spacial score (nSPS) is 13.4. The van der Waals surface area contributed by atoms with E-state index in [1.807, 2.05) is 13.8 Å². The first-order valence-corrected chi connectivity index (χ1v) is 6.01. The van der Waals surface area contributed by atoms with Gasteiger partial charge in [-0.2, -0.15) is 13.2 Å². The maximum absolute atomic E-state index is 13.5. The van der Waals surface area contributed by atoms with Gasteiger partial charge in [-0.15, -0.1) is 0 Å². The average molecular weight is 263 g/mol. The minimum absolute atomic E-state index is 0.00650. The Morgan fingerprint density at radius 2 is 1.89 bits per heavy atom. The van der Waals surface area contributed by atoms with E-state index in [1.54, 1.807) is 0 Å². The Labute approximate surface area is 104 Å². The van der Waals surface area contributed by atoms with Crippen molar-refractivity contribution in [2.75, 3.05) is 5.32 Å². The van der Waals surface area contributed by atoms with E-state index in [2.05, 4.69) is 5.32 Å². The first kappa shape index (κ1) is 14.8. The van der Waals surface area contributed by atoms with Gasteiger partial charge in [0.15, 0.2) is 0 Å². The van der Waals surface area contributed by atoms with Crippen LogP contribution in [-0.2, 0) is 6.18 Å². The lowest BCUT2D eigenvalue weighted by molar-refractivity contribution is -0.137. The summed E-state index contributed by atoms with van der Waals surface area (Å²) in [5.74, 6) is -0.655. The Morgan fingerprint density at radius 1 is 1.22 bits per heavy atom. The number of hydrogen-bond acceptors (Lipinski definition) is 1. The van der Waals surface area contributed by atoms with E-state index < -0.39 is 17.6 Å². The molecule has 0 aromatic heterocycles. The van der Waals surface area contributed by atoms with E-state index in [9.17, 15) is 17.6 Å². The summed E-state index contributed by atoms with van der Waals surface area (Å²) in [4.78, 5) is 0. The molecule has 0 aliphatic heterocycles. The summed E-state index contributed by atoms with van der Waals surface area (Å²) in [7, 11) is 0. The largest absolute Gasteiger partial charge is 0.416 e. The fraction of sp³-hybridized carbons (Fsp3) is 0.538. The van der Waals surface area contributed by atoms with Gasteiger partial charge in [0.05, 0.1) is 11.3 Å². The fourth-order valence-electron chi connectivity index (χ4n) is 1.76. The van der Waals surface area contributed by atoms with Crippen LogP contribution in [0, 0.1) is 5.82 Å². The number of alkyl halides is 3. The van der Waals surface area contributed by atoms with Gasteiger partial charge in [-0.1, -0.05) is 20.3 Å². The Morgan fingerprint density at radius 3 is 2.39 bits per heavy atom. The van der Waals surface area contributed by atoms with Gasteiger partial charge in [0.25, 0.3) is 0 Å². The molecule has 0 bridgehead atoms. The molecule has 0 spiro atoms. The molecule has 18 heavy (non-hydrogen) atoms. The molecular formula is C13H17F4N. The zero-order chi connectivity index (χ0) is 13.8. The smallest absolute Gasteiger partial charge is 0.380 e. The van der Waals surface area contributed by atoms with Gasteiger partial charge in [0.2, 0.25) is 0 Å². The number of nitrogens with one attached hydrogen (secondary N) is 1. The monoisotopic (exact) mass is 263 g/mol. The lowest BCUT2D eigenvalue weighted by Crippen LogP contribution is -2.19. The van der Waals surface area contributed by atoms with E-state index in [-0.39, 0.29) is 11.7 Å². The fourth-order valence-corrected chi connectivity index (χ4v) is 1.76. The molecule has 0 aliphatic rings. The van der Waals surface area contributed by atoms with Crippen LogP contribution in [-0.4, -0.2) is 6.04 Å². The van der Waals surface area contributed by atoms with E-state index >= 15 is 0 Å². The highest BCUT2D eigenvalue weighted by atomic mass is 19.4. The van der Waals surface area contributed by atoms with E-state index in [0.717, 1.165) is 37.5 Å². The molecule has 1 N–H and O–H groups in total.